The Labute approximate surface area is 149 Å². The van der Waals surface area contributed by atoms with E-state index < -0.39 is 0 Å². The molecular formula is C20H27NO4. The standard InChI is InChI=1S/C20H27NO4/c1-14(2)8-9-21(16-5-6-16)19(22)7-4-15-12-17(23-3)20-18(13-15)24-10-11-25-20/h4,7,12-14,16H,5-6,8-11H2,1-3H3/b7-4+. The second-order valence-corrected chi connectivity index (χ2v) is 7.03. The van der Waals surface area contributed by atoms with Gasteiger partial charge in [0.05, 0.1) is 7.11 Å². The van der Waals surface area contributed by atoms with Gasteiger partial charge in [-0.25, -0.2) is 0 Å². The third-order valence-electron chi connectivity index (χ3n) is 4.49. The fourth-order valence-corrected chi connectivity index (χ4v) is 2.91. The van der Waals surface area contributed by atoms with Crippen LogP contribution in [0.2, 0.25) is 0 Å². The van der Waals surface area contributed by atoms with Crippen molar-refractivity contribution in [2.24, 2.45) is 5.92 Å². The largest absolute Gasteiger partial charge is 0.493 e. The number of carbonyl (C=O) groups excluding carboxylic acids is 1. The van der Waals surface area contributed by atoms with Crippen molar-refractivity contribution in [1.29, 1.82) is 0 Å². The topological polar surface area (TPSA) is 48.0 Å². The number of benzene rings is 1. The zero-order valence-electron chi connectivity index (χ0n) is 15.3. The molecule has 1 aromatic carbocycles. The van der Waals surface area contributed by atoms with Gasteiger partial charge in [0.2, 0.25) is 11.7 Å². The van der Waals surface area contributed by atoms with Crippen LogP contribution in [0, 0.1) is 5.92 Å². The highest BCUT2D eigenvalue weighted by Gasteiger charge is 2.31. The van der Waals surface area contributed by atoms with Crippen molar-refractivity contribution < 1.29 is 19.0 Å². The Kier molecular flexibility index (Phi) is 5.51. The molecule has 1 fully saturated rings. The van der Waals surface area contributed by atoms with E-state index in [1.807, 2.05) is 23.1 Å². The van der Waals surface area contributed by atoms with Crippen molar-refractivity contribution >= 4 is 12.0 Å². The smallest absolute Gasteiger partial charge is 0.246 e. The molecule has 0 N–H and O–H groups in total. The van der Waals surface area contributed by atoms with Crippen LogP contribution in [0.1, 0.15) is 38.7 Å². The third kappa shape index (κ3) is 4.47. The van der Waals surface area contributed by atoms with Crippen LogP contribution in [0.5, 0.6) is 17.2 Å². The highest BCUT2D eigenvalue weighted by molar-refractivity contribution is 5.92. The second kappa shape index (κ2) is 7.81. The monoisotopic (exact) mass is 345 g/mol. The summed E-state index contributed by atoms with van der Waals surface area (Å²) in [4.78, 5) is 14.6. The van der Waals surface area contributed by atoms with Crippen LogP contribution in [-0.4, -0.2) is 43.7 Å². The highest BCUT2D eigenvalue weighted by atomic mass is 16.6. The first kappa shape index (κ1) is 17.6. The summed E-state index contributed by atoms with van der Waals surface area (Å²) in [5.74, 6) is 2.60. The molecule has 25 heavy (non-hydrogen) atoms. The predicted molar refractivity (Wildman–Crippen MR) is 97.2 cm³/mol. The average Bonchev–Trinajstić information content (AvgIpc) is 3.44. The summed E-state index contributed by atoms with van der Waals surface area (Å²) >= 11 is 0. The first-order valence-corrected chi connectivity index (χ1v) is 9.04. The van der Waals surface area contributed by atoms with Gasteiger partial charge in [-0.15, -0.1) is 0 Å². The lowest BCUT2D eigenvalue weighted by Crippen LogP contribution is -2.33. The van der Waals surface area contributed by atoms with Gasteiger partial charge in [0.15, 0.2) is 11.5 Å². The van der Waals surface area contributed by atoms with Gasteiger partial charge in [0, 0.05) is 18.7 Å². The number of hydrogen-bond acceptors (Lipinski definition) is 4. The Bertz CT molecular complexity index is 632. The summed E-state index contributed by atoms with van der Waals surface area (Å²) in [6.07, 6.45) is 6.76. The molecule has 1 aromatic rings. The van der Waals surface area contributed by atoms with Gasteiger partial charge in [-0.2, -0.15) is 0 Å². The SMILES string of the molecule is COc1cc(/C=C/C(=O)N(CCC(C)C)C2CC2)cc2c1OCCO2. The molecule has 0 bridgehead atoms. The van der Waals surface area contributed by atoms with Gasteiger partial charge >= 0.3 is 0 Å². The molecule has 5 heteroatoms. The molecule has 136 valence electrons. The lowest BCUT2D eigenvalue weighted by atomic mass is 10.1. The number of carbonyl (C=O) groups is 1. The van der Waals surface area contributed by atoms with Crippen LogP contribution in [0.15, 0.2) is 18.2 Å². The van der Waals surface area contributed by atoms with E-state index in [1.54, 1.807) is 13.2 Å². The molecule has 0 unspecified atom stereocenters. The molecule has 0 spiro atoms. The quantitative estimate of drug-likeness (QED) is 0.710. The Hall–Kier alpha value is -2.17. The van der Waals surface area contributed by atoms with Crippen molar-refractivity contribution in [2.45, 2.75) is 39.2 Å². The van der Waals surface area contributed by atoms with Crippen molar-refractivity contribution in [3.8, 4) is 17.2 Å². The Morgan fingerprint density at radius 1 is 1.32 bits per heavy atom. The maximum absolute atomic E-state index is 12.6. The maximum atomic E-state index is 12.6. The summed E-state index contributed by atoms with van der Waals surface area (Å²) in [5, 5.41) is 0. The van der Waals surface area contributed by atoms with Gasteiger partial charge in [0.1, 0.15) is 13.2 Å². The molecule has 5 nitrogen and oxygen atoms in total. The average molecular weight is 345 g/mol. The normalized spacial score (nSPS) is 16.3. The Morgan fingerprint density at radius 3 is 2.76 bits per heavy atom. The summed E-state index contributed by atoms with van der Waals surface area (Å²) in [6, 6.07) is 4.18. The molecule has 1 heterocycles. The number of hydrogen-bond donors (Lipinski definition) is 0. The molecule has 1 amide bonds. The van der Waals surface area contributed by atoms with Crippen LogP contribution >= 0.6 is 0 Å². The van der Waals surface area contributed by atoms with Crippen molar-refractivity contribution in [3.05, 3.63) is 23.8 Å². The fourth-order valence-electron chi connectivity index (χ4n) is 2.91. The number of methoxy groups -OCH3 is 1. The lowest BCUT2D eigenvalue weighted by molar-refractivity contribution is -0.126. The number of ether oxygens (including phenoxy) is 3. The first-order chi connectivity index (χ1) is 12.1. The highest BCUT2D eigenvalue weighted by Crippen LogP contribution is 2.40. The molecule has 0 atom stereocenters. The maximum Gasteiger partial charge on any atom is 0.246 e. The van der Waals surface area contributed by atoms with Crippen LogP contribution in [0.3, 0.4) is 0 Å². The predicted octanol–water partition coefficient (Wildman–Crippen LogP) is 3.52. The van der Waals surface area contributed by atoms with Crippen molar-refractivity contribution in [1.82, 2.24) is 4.90 Å². The van der Waals surface area contributed by atoms with Gasteiger partial charge in [-0.3, -0.25) is 4.79 Å². The molecule has 0 aromatic heterocycles. The molecule has 0 saturated heterocycles. The summed E-state index contributed by atoms with van der Waals surface area (Å²) in [6.45, 7) is 6.24. The number of amides is 1. The molecule has 2 aliphatic rings. The fraction of sp³-hybridized carbons (Fsp3) is 0.550. The molecule has 1 aliphatic carbocycles. The molecule has 1 aliphatic heterocycles. The Morgan fingerprint density at radius 2 is 2.08 bits per heavy atom. The van der Waals surface area contributed by atoms with Crippen LogP contribution < -0.4 is 14.2 Å². The van der Waals surface area contributed by atoms with E-state index in [0.29, 0.717) is 42.4 Å². The van der Waals surface area contributed by atoms with Crippen LogP contribution in [0.25, 0.3) is 6.08 Å². The van der Waals surface area contributed by atoms with Gasteiger partial charge in [0.25, 0.3) is 0 Å². The van der Waals surface area contributed by atoms with E-state index in [9.17, 15) is 4.79 Å². The van der Waals surface area contributed by atoms with Crippen molar-refractivity contribution in [3.63, 3.8) is 0 Å². The third-order valence-corrected chi connectivity index (χ3v) is 4.49. The van der Waals surface area contributed by atoms with E-state index in [-0.39, 0.29) is 5.91 Å². The van der Waals surface area contributed by atoms with Crippen molar-refractivity contribution in [2.75, 3.05) is 26.9 Å². The Balaban J connectivity index is 1.73. The molecular weight excluding hydrogens is 318 g/mol. The summed E-state index contributed by atoms with van der Waals surface area (Å²) in [5.41, 5.74) is 0.869. The zero-order valence-corrected chi connectivity index (χ0v) is 15.3. The van der Waals surface area contributed by atoms with E-state index in [4.69, 9.17) is 14.2 Å². The van der Waals surface area contributed by atoms with Crippen LogP contribution in [0.4, 0.5) is 0 Å². The van der Waals surface area contributed by atoms with E-state index in [0.717, 1.165) is 31.4 Å². The van der Waals surface area contributed by atoms with Gasteiger partial charge in [-0.05, 0) is 49.0 Å². The minimum atomic E-state index is 0.0806. The molecule has 3 rings (SSSR count). The minimum absolute atomic E-state index is 0.0806. The first-order valence-electron chi connectivity index (χ1n) is 9.04. The van der Waals surface area contributed by atoms with E-state index >= 15 is 0 Å². The second-order valence-electron chi connectivity index (χ2n) is 7.03. The summed E-state index contributed by atoms with van der Waals surface area (Å²) in [7, 11) is 1.60. The number of rotatable bonds is 7. The summed E-state index contributed by atoms with van der Waals surface area (Å²) < 4.78 is 16.6. The number of nitrogens with zero attached hydrogens (tertiary/aromatic N) is 1. The van der Waals surface area contributed by atoms with Gasteiger partial charge in [-0.1, -0.05) is 13.8 Å². The lowest BCUT2D eigenvalue weighted by Gasteiger charge is -2.22. The van der Waals surface area contributed by atoms with E-state index in [2.05, 4.69) is 13.8 Å². The molecule has 1 saturated carbocycles. The zero-order chi connectivity index (χ0) is 17.8. The van der Waals surface area contributed by atoms with E-state index in [1.165, 1.54) is 0 Å². The number of fused-ring (bicyclic) bond motifs is 1. The minimum Gasteiger partial charge on any atom is -0.493 e. The van der Waals surface area contributed by atoms with Gasteiger partial charge < -0.3 is 19.1 Å². The van der Waals surface area contributed by atoms with Crippen LogP contribution in [-0.2, 0) is 4.79 Å². The molecule has 0 radical (unpaired) electrons.